The zero-order chi connectivity index (χ0) is 9.07. The molecule has 0 aromatic carbocycles. The van der Waals surface area contributed by atoms with Crippen molar-refractivity contribution in [3.8, 4) is 0 Å². The lowest BCUT2D eigenvalue weighted by Gasteiger charge is -1.86. The highest BCUT2D eigenvalue weighted by Gasteiger charge is 1.75. The van der Waals surface area contributed by atoms with Gasteiger partial charge in [0.05, 0.1) is 0 Å². The van der Waals surface area contributed by atoms with Crippen molar-refractivity contribution in [2.45, 2.75) is 39.0 Å². The summed E-state index contributed by atoms with van der Waals surface area (Å²) in [5, 5.41) is 0. The smallest absolute Gasteiger partial charge is 0.0313 e. The molecule has 0 spiro atoms. The first-order valence-electron chi connectivity index (χ1n) is 4.84. The van der Waals surface area contributed by atoms with Crippen molar-refractivity contribution in [2.75, 3.05) is 0 Å². The van der Waals surface area contributed by atoms with Gasteiger partial charge in [0.25, 0.3) is 0 Å². The Bertz CT molecular complexity index is 140. The highest BCUT2D eigenvalue weighted by Crippen LogP contribution is 1.96. The minimum atomic E-state index is 1.08. The molecule has 0 radical (unpaired) electrons. The lowest BCUT2D eigenvalue weighted by Crippen LogP contribution is -1.65. The maximum atomic E-state index is 3.67. The molecule has 0 bridgehead atoms. The van der Waals surface area contributed by atoms with Crippen molar-refractivity contribution in [1.29, 1.82) is 0 Å². The van der Waals surface area contributed by atoms with E-state index in [0.29, 0.717) is 0 Å². The fourth-order valence-corrected chi connectivity index (χ4v) is 0.886. The Hall–Kier alpha value is -0.780. The molecule has 0 nitrogen and oxygen atoms in total. The van der Waals surface area contributed by atoms with Crippen molar-refractivity contribution < 1.29 is 0 Å². The summed E-state index contributed by atoms with van der Waals surface area (Å²) in [5.74, 6) is 0. The van der Waals surface area contributed by atoms with Crippen molar-refractivity contribution in [2.24, 2.45) is 0 Å². The Morgan fingerprint density at radius 2 is 1.67 bits per heavy atom. The molecule has 0 aromatic rings. The SMILES string of the molecule is C=CCCC=CC=CCCCC. The summed E-state index contributed by atoms with van der Waals surface area (Å²) < 4.78 is 0. The Morgan fingerprint density at radius 1 is 1.00 bits per heavy atom. The normalized spacial score (nSPS) is 11.4. The van der Waals surface area contributed by atoms with Gasteiger partial charge in [0.1, 0.15) is 0 Å². The summed E-state index contributed by atoms with van der Waals surface area (Å²) in [7, 11) is 0. The third-order valence-electron chi connectivity index (χ3n) is 1.65. The molecule has 0 heterocycles. The second-order valence-electron chi connectivity index (χ2n) is 2.86. The van der Waals surface area contributed by atoms with Gasteiger partial charge >= 0.3 is 0 Å². The molecule has 0 amide bonds. The summed E-state index contributed by atoms with van der Waals surface area (Å²) in [6, 6.07) is 0. The standard InChI is InChI=1S/C12H20/c1-3-5-7-9-11-12-10-8-6-4-2/h3,9-12H,1,4-8H2,2H3. The van der Waals surface area contributed by atoms with Crippen molar-refractivity contribution >= 4 is 0 Å². The van der Waals surface area contributed by atoms with Gasteiger partial charge in [-0.15, -0.1) is 6.58 Å². The highest BCUT2D eigenvalue weighted by atomic mass is 13.8. The molecule has 0 saturated heterocycles. The lowest BCUT2D eigenvalue weighted by molar-refractivity contribution is 0.815. The van der Waals surface area contributed by atoms with Crippen molar-refractivity contribution in [3.63, 3.8) is 0 Å². The maximum absolute atomic E-state index is 3.67. The molecule has 0 atom stereocenters. The van der Waals surface area contributed by atoms with Gasteiger partial charge in [-0.25, -0.2) is 0 Å². The summed E-state index contributed by atoms with van der Waals surface area (Å²) in [5.41, 5.74) is 0. The topological polar surface area (TPSA) is 0 Å². The van der Waals surface area contributed by atoms with Gasteiger partial charge in [-0.2, -0.15) is 0 Å². The average molecular weight is 164 g/mol. The largest absolute Gasteiger partial charge is 0.103 e. The molecule has 12 heavy (non-hydrogen) atoms. The summed E-state index contributed by atoms with van der Waals surface area (Å²) in [4.78, 5) is 0. The van der Waals surface area contributed by atoms with E-state index in [-0.39, 0.29) is 0 Å². The van der Waals surface area contributed by atoms with Crippen LogP contribution < -0.4 is 0 Å². The molecule has 0 aliphatic rings. The molecule has 0 aliphatic heterocycles. The van der Waals surface area contributed by atoms with E-state index >= 15 is 0 Å². The predicted octanol–water partition coefficient (Wildman–Crippen LogP) is 4.26. The third-order valence-corrected chi connectivity index (χ3v) is 1.65. The number of unbranched alkanes of at least 4 members (excludes halogenated alkanes) is 3. The van der Waals surface area contributed by atoms with E-state index in [9.17, 15) is 0 Å². The second kappa shape index (κ2) is 10.2. The molecule has 0 saturated carbocycles. The Kier molecular flexibility index (Phi) is 9.56. The van der Waals surface area contributed by atoms with Crippen LogP contribution in [0.3, 0.4) is 0 Å². The van der Waals surface area contributed by atoms with E-state index in [4.69, 9.17) is 0 Å². The van der Waals surface area contributed by atoms with Gasteiger partial charge in [0.15, 0.2) is 0 Å². The van der Waals surface area contributed by atoms with E-state index in [1.54, 1.807) is 0 Å². The monoisotopic (exact) mass is 164 g/mol. The highest BCUT2D eigenvalue weighted by molar-refractivity contribution is 5.02. The van der Waals surface area contributed by atoms with E-state index in [0.717, 1.165) is 12.8 Å². The first-order valence-corrected chi connectivity index (χ1v) is 4.84. The molecular weight excluding hydrogens is 144 g/mol. The first-order chi connectivity index (χ1) is 5.91. The molecule has 68 valence electrons. The summed E-state index contributed by atoms with van der Waals surface area (Å²) >= 11 is 0. The van der Waals surface area contributed by atoms with E-state index in [1.165, 1.54) is 19.3 Å². The van der Waals surface area contributed by atoms with Gasteiger partial charge in [-0.3, -0.25) is 0 Å². The Balaban J connectivity index is 3.20. The lowest BCUT2D eigenvalue weighted by atomic mass is 10.2. The van der Waals surface area contributed by atoms with E-state index in [1.807, 2.05) is 6.08 Å². The van der Waals surface area contributed by atoms with Crippen LogP contribution in [-0.2, 0) is 0 Å². The fraction of sp³-hybridized carbons (Fsp3) is 0.500. The summed E-state index contributed by atoms with van der Waals surface area (Å²) in [6.45, 7) is 5.88. The van der Waals surface area contributed by atoms with E-state index in [2.05, 4.69) is 37.8 Å². The van der Waals surface area contributed by atoms with Gasteiger partial charge < -0.3 is 0 Å². The van der Waals surface area contributed by atoms with Gasteiger partial charge in [0.2, 0.25) is 0 Å². The quantitative estimate of drug-likeness (QED) is 0.300. The third kappa shape index (κ3) is 9.22. The first kappa shape index (κ1) is 11.2. The average Bonchev–Trinajstić information content (AvgIpc) is 2.10. The van der Waals surface area contributed by atoms with Crippen LogP contribution in [0.2, 0.25) is 0 Å². The van der Waals surface area contributed by atoms with Crippen LogP contribution >= 0.6 is 0 Å². The van der Waals surface area contributed by atoms with Crippen LogP contribution in [0.1, 0.15) is 39.0 Å². The second-order valence-corrected chi connectivity index (χ2v) is 2.86. The molecule has 0 aromatic heterocycles. The van der Waals surface area contributed by atoms with Crippen LogP contribution in [0.25, 0.3) is 0 Å². The molecule has 0 N–H and O–H groups in total. The molecule has 0 rings (SSSR count). The molecule has 0 fully saturated rings. The van der Waals surface area contributed by atoms with Crippen molar-refractivity contribution in [3.05, 3.63) is 37.0 Å². The summed E-state index contributed by atoms with van der Waals surface area (Å²) in [6.07, 6.45) is 16.6. The minimum absolute atomic E-state index is 1.08. The van der Waals surface area contributed by atoms with Crippen LogP contribution in [0.5, 0.6) is 0 Å². The zero-order valence-corrected chi connectivity index (χ0v) is 8.13. The van der Waals surface area contributed by atoms with Crippen molar-refractivity contribution in [1.82, 2.24) is 0 Å². The van der Waals surface area contributed by atoms with Crippen LogP contribution in [0.4, 0.5) is 0 Å². The van der Waals surface area contributed by atoms with Gasteiger partial charge in [-0.05, 0) is 19.3 Å². The number of hydrogen-bond acceptors (Lipinski definition) is 0. The molecule has 0 unspecified atom stereocenters. The fourth-order valence-electron chi connectivity index (χ4n) is 0.886. The number of hydrogen-bond donors (Lipinski definition) is 0. The van der Waals surface area contributed by atoms with Crippen LogP contribution in [-0.4, -0.2) is 0 Å². The molecule has 0 heteroatoms. The maximum Gasteiger partial charge on any atom is -0.0313 e. The van der Waals surface area contributed by atoms with E-state index < -0.39 is 0 Å². The Morgan fingerprint density at radius 3 is 2.25 bits per heavy atom. The zero-order valence-electron chi connectivity index (χ0n) is 8.13. The Labute approximate surface area is 76.7 Å². The number of rotatable bonds is 7. The van der Waals surface area contributed by atoms with Crippen LogP contribution in [0.15, 0.2) is 37.0 Å². The van der Waals surface area contributed by atoms with Gasteiger partial charge in [-0.1, -0.05) is 50.1 Å². The number of allylic oxidation sites excluding steroid dienone is 5. The molecule has 0 aliphatic carbocycles. The minimum Gasteiger partial charge on any atom is -0.103 e. The van der Waals surface area contributed by atoms with Crippen LogP contribution in [0, 0.1) is 0 Å². The molecular formula is C12H20. The van der Waals surface area contributed by atoms with Gasteiger partial charge in [0, 0.05) is 0 Å². The predicted molar refractivity (Wildman–Crippen MR) is 57.2 cm³/mol.